The number of benzene rings is 2. The maximum absolute atomic E-state index is 13.8. The van der Waals surface area contributed by atoms with Crippen LogP contribution in [-0.4, -0.2) is 26.8 Å². The van der Waals surface area contributed by atoms with E-state index in [1.165, 1.54) is 0 Å². The Morgan fingerprint density at radius 1 is 1.07 bits per heavy atom. The second kappa shape index (κ2) is 7.58. The first kappa shape index (κ1) is 20.7. The van der Waals surface area contributed by atoms with E-state index in [0.717, 1.165) is 23.8 Å². The number of hydrogen-bond acceptors (Lipinski definition) is 5. The minimum Gasteiger partial charge on any atom is -0.454 e. The van der Waals surface area contributed by atoms with Crippen molar-refractivity contribution >= 4 is 21.8 Å². The summed E-state index contributed by atoms with van der Waals surface area (Å²) in [4.78, 5) is 23.8. The van der Waals surface area contributed by atoms with Gasteiger partial charge in [0.25, 0.3) is 0 Å². The summed E-state index contributed by atoms with van der Waals surface area (Å²) in [5.41, 5.74) is 0.699. The van der Waals surface area contributed by atoms with Crippen LogP contribution in [0.25, 0.3) is 0 Å². The molecule has 0 atom stereocenters. The highest BCUT2D eigenvalue weighted by molar-refractivity contribution is 7.89. The molecule has 2 N–H and O–H groups in total. The lowest BCUT2D eigenvalue weighted by molar-refractivity contribution is 0.0470. The Bertz CT molecular complexity index is 976. The van der Waals surface area contributed by atoms with Gasteiger partial charge in [-0.05, 0) is 29.2 Å². The fourth-order valence-corrected chi connectivity index (χ4v) is 2.83. The standard InChI is InChI=1S/C19H20FNO5S/c1-19(2,3)13-6-4-12(5-7-13)17(22)11-26-18(23)15-10-14(27(21,24)25)8-9-16(15)20/h4-10H,11H2,1-3H3,(H2,21,24,25). The molecule has 6 nitrogen and oxygen atoms in total. The van der Waals surface area contributed by atoms with Gasteiger partial charge in [-0.2, -0.15) is 0 Å². The van der Waals surface area contributed by atoms with Crippen LogP contribution in [0.4, 0.5) is 4.39 Å². The minimum absolute atomic E-state index is 0.0695. The van der Waals surface area contributed by atoms with Gasteiger partial charge in [-0.15, -0.1) is 0 Å². The predicted molar refractivity (Wildman–Crippen MR) is 97.5 cm³/mol. The lowest BCUT2D eigenvalue weighted by Crippen LogP contribution is -2.17. The highest BCUT2D eigenvalue weighted by Crippen LogP contribution is 2.22. The van der Waals surface area contributed by atoms with Crippen LogP contribution in [0.2, 0.25) is 0 Å². The van der Waals surface area contributed by atoms with Gasteiger partial charge in [0.15, 0.2) is 12.4 Å². The number of ether oxygens (including phenoxy) is 1. The van der Waals surface area contributed by atoms with Crippen molar-refractivity contribution in [2.24, 2.45) is 5.14 Å². The van der Waals surface area contributed by atoms with Gasteiger partial charge in [-0.25, -0.2) is 22.7 Å². The normalized spacial score (nSPS) is 11.9. The lowest BCUT2D eigenvalue weighted by atomic mass is 9.86. The first-order valence-corrected chi connectivity index (χ1v) is 9.57. The van der Waals surface area contributed by atoms with Gasteiger partial charge in [0, 0.05) is 5.56 Å². The molecule has 0 aliphatic carbocycles. The van der Waals surface area contributed by atoms with Crippen LogP contribution in [0, 0.1) is 5.82 Å². The topological polar surface area (TPSA) is 104 Å². The zero-order valence-electron chi connectivity index (χ0n) is 15.2. The molecule has 2 rings (SSSR count). The SMILES string of the molecule is CC(C)(C)c1ccc(C(=O)COC(=O)c2cc(S(N)(=O)=O)ccc2F)cc1. The van der Waals surface area contributed by atoms with E-state index in [1.54, 1.807) is 12.1 Å². The second-order valence-electron chi connectivity index (χ2n) is 7.01. The van der Waals surface area contributed by atoms with Crippen molar-refractivity contribution in [2.75, 3.05) is 6.61 Å². The third-order valence-electron chi connectivity index (χ3n) is 3.89. The smallest absolute Gasteiger partial charge is 0.341 e. The number of esters is 1. The molecule has 0 radical (unpaired) electrons. The van der Waals surface area contributed by atoms with E-state index in [0.29, 0.717) is 5.56 Å². The van der Waals surface area contributed by atoms with E-state index in [9.17, 15) is 22.4 Å². The summed E-state index contributed by atoms with van der Waals surface area (Å²) >= 11 is 0. The summed E-state index contributed by atoms with van der Waals surface area (Å²) in [6.07, 6.45) is 0. The number of rotatable bonds is 5. The number of sulfonamides is 1. The number of hydrogen-bond donors (Lipinski definition) is 1. The molecule has 0 saturated heterocycles. The number of ketones is 1. The van der Waals surface area contributed by atoms with Crippen molar-refractivity contribution in [1.29, 1.82) is 0 Å². The minimum atomic E-state index is -4.11. The van der Waals surface area contributed by atoms with E-state index in [1.807, 2.05) is 32.9 Å². The second-order valence-corrected chi connectivity index (χ2v) is 8.57. The summed E-state index contributed by atoms with van der Waals surface area (Å²) in [6.45, 7) is 5.51. The maximum Gasteiger partial charge on any atom is 0.341 e. The Morgan fingerprint density at radius 3 is 2.19 bits per heavy atom. The number of halogens is 1. The van der Waals surface area contributed by atoms with Crippen LogP contribution in [0.1, 0.15) is 47.1 Å². The van der Waals surface area contributed by atoms with E-state index in [2.05, 4.69) is 0 Å². The van der Waals surface area contributed by atoms with E-state index >= 15 is 0 Å². The van der Waals surface area contributed by atoms with Gasteiger partial charge < -0.3 is 4.74 Å². The average Bonchev–Trinajstić information content (AvgIpc) is 2.58. The van der Waals surface area contributed by atoms with Crippen LogP contribution in [0.5, 0.6) is 0 Å². The summed E-state index contributed by atoms with van der Waals surface area (Å²) in [5, 5.41) is 4.96. The van der Waals surface area contributed by atoms with Crippen LogP contribution in [0.15, 0.2) is 47.4 Å². The predicted octanol–water partition coefficient (Wildman–Crippen LogP) is 2.81. The van der Waals surface area contributed by atoms with Gasteiger partial charge in [0.2, 0.25) is 10.0 Å². The van der Waals surface area contributed by atoms with Gasteiger partial charge >= 0.3 is 5.97 Å². The molecular formula is C19H20FNO5S. The number of carbonyl (C=O) groups is 2. The highest BCUT2D eigenvalue weighted by atomic mass is 32.2. The molecule has 0 amide bonds. The molecule has 8 heteroatoms. The van der Waals surface area contributed by atoms with Crippen molar-refractivity contribution in [1.82, 2.24) is 0 Å². The summed E-state index contributed by atoms with van der Waals surface area (Å²) in [6, 6.07) is 9.37. The Morgan fingerprint density at radius 2 is 1.67 bits per heavy atom. The van der Waals surface area contributed by atoms with Gasteiger partial charge in [0.05, 0.1) is 10.5 Å². The summed E-state index contributed by atoms with van der Waals surface area (Å²) < 4.78 is 41.3. The van der Waals surface area contributed by atoms with Crippen LogP contribution < -0.4 is 5.14 Å². The Hall–Kier alpha value is -2.58. The third-order valence-corrected chi connectivity index (χ3v) is 4.80. The van der Waals surface area contributed by atoms with Crippen LogP contribution in [-0.2, 0) is 20.2 Å². The summed E-state index contributed by atoms with van der Waals surface area (Å²) in [7, 11) is -4.11. The quantitative estimate of drug-likeness (QED) is 0.621. The highest BCUT2D eigenvalue weighted by Gasteiger charge is 2.20. The molecular weight excluding hydrogens is 373 g/mol. The first-order chi connectivity index (χ1) is 12.4. The van der Waals surface area contributed by atoms with Crippen molar-refractivity contribution in [3.8, 4) is 0 Å². The maximum atomic E-state index is 13.8. The van der Waals surface area contributed by atoms with E-state index in [4.69, 9.17) is 9.88 Å². The molecule has 144 valence electrons. The first-order valence-electron chi connectivity index (χ1n) is 8.03. The summed E-state index contributed by atoms with van der Waals surface area (Å²) in [5.74, 6) is -2.60. The molecule has 0 unspecified atom stereocenters. The molecule has 0 spiro atoms. The molecule has 2 aromatic carbocycles. The number of carbonyl (C=O) groups excluding carboxylic acids is 2. The Kier molecular flexibility index (Phi) is 5.82. The largest absolute Gasteiger partial charge is 0.454 e. The average molecular weight is 393 g/mol. The molecule has 27 heavy (non-hydrogen) atoms. The van der Waals surface area contributed by atoms with Crippen molar-refractivity contribution < 1.29 is 27.1 Å². The number of Topliss-reactive ketones (excluding diaryl/α,β-unsaturated/α-hetero) is 1. The molecule has 0 aromatic heterocycles. The number of primary sulfonamides is 1. The molecule has 0 aliphatic heterocycles. The third kappa shape index (κ3) is 5.21. The molecule has 2 aromatic rings. The van der Waals surface area contributed by atoms with Gasteiger partial charge in [-0.1, -0.05) is 45.0 Å². The Labute approximate surface area is 157 Å². The van der Waals surface area contributed by atoms with Crippen molar-refractivity contribution in [3.05, 3.63) is 65.0 Å². The number of nitrogens with two attached hydrogens (primary N) is 1. The van der Waals surface area contributed by atoms with Crippen LogP contribution in [0.3, 0.4) is 0 Å². The monoisotopic (exact) mass is 393 g/mol. The fourth-order valence-electron chi connectivity index (χ4n) is 2.29. The molecule has 0 fully saturated rings. The van der Waals surface area contributed by atoms with E-state index in [-0.39, 0.29) is 5.41 Å². The molecule has 0 bridgehead atoms. The van der Waals surface area contributed by atoms with Crippen LogP contribution >= 0.6 is 0 Å². The zero-order chi connectivity index (χ0) is 20.4. The van der Waals surface area contributed by atoms with Crippen molar-refractivity contribution in [2.45, 2.75) is 31.1 Å². The Balaban J connectivity index is 2.10. The molecule has 0 aliphatic rings. The fraction of sp³-hybridized carbons (Fsp3) is 0.263. The zero-order valence-corrected chi connectivity index (χ0v) is 16.0. The van der Waals surface area contributed by atoms with E-state index < -0.39 is 44.7 Å². The van der Waals surface area contributed by atoms with Gasteiger partial charge in [0.1, 0.15) is 5.82 Å². The molecule has 0 heterocycles. The lowest BCUT2D eigenvalue weighted by Gasteiger charge is -2.18. The van der Waals surface area contributed by atoms with Crippen molar-refractivity contribution in [3.63, 3.8) is 0 Å². The van der Waals surface area contributed by atoms with Gasteiger partial charge in [-0.3, -0.25) is 4.79 Å². The molecule has 0 saturated carbocycles.